The number of carbonyl (C=O) groups excluding carboxylic acids is 2. The summed E-state index contributed by atoms with van der Waals surface area (Å²) in [5.41, 5.74) is 0.659. The Morgan fingerprint density at radius 1 is 1.18 bits per heavy atom. The SMILES string of the molecule is CCOC(=O)CCCCOc1cc(/C=C/C(=O)C2CCCCC2)ncc1OC. The Labute approximate surface area is 167 Å². The van der Waals surface area contributed by atoms with Crippen molar-refractivity contribution in [2.45, 2.75) is 58.3 Å². The molecule has 154 valence electrons. The summed E-state index contributed by atoms with van der Waals surface area (Å²) in [6, 6.07) is 1.77. The predicted octanol–water partition coefficient (Wildman–Crippen LogP) is 4.37. The number of hydrogen-bond donors (Lipinski definition) is 0. The van der Waals surface area contributed by atoms with Crippen LogP contribution in [0.1, 0.15) is 64.0 Å². The van der Waals surface area contributed by atoms with Crippen LogP contribution in [-0.2, 0) is 14.3 Å². The minimum atomic E-state index is -0.181. The smallest absolute Gasteiger partial charge is 0.305 e. The van der Waals surface area contributed by atoms with E-state index in [1.807, 2.05) is 0 Å². The van der Waals surface area contributed by atoms with E-state index in [0.717, 1.165) is 32.1 Å². The van der Waals surface area contributed by atoms with E-state index in [9.17, 15) is 9.59 Å². The van der Waals surface area contributed by atoms with Gasteiger partial charge in [0.15, 0.2) is 17.3 Å². The van der Waals surface area contributed by atoms with Gasteiger partial charge in [-0.15, -0.1) is 0 Å². The lowest BCUT2D eigenvalue weighted by atomic mass is 9.86. The first kappa shape index (κ1) is 21.9. The Hall–Kier alpha value is -2.37. The summed E-state index contributed by atoms with van der Waals surface area (Å²) in [4.78, 5) is 28.0. The molecule has 0 N–H and O–H groups in total. The van der Waals surface area contributed by atoms with Gasteiger partial charge in [-0.25, -0.2) is 0 Å². The van der Waals surface area contributed by atoms with Crippen LogP contribution in [-0.4, -0.2) is 37.1 Å². The average Bonchev–Trinajstić information content (AvgIpc) is 2.72. The van der Waals surface area contributed by atoms with Crippen molar-refractivity contribution in [2.75, 3.05) is 20.3 Å². The number of nitrogens with zero attached hydrogens (tertiary/aromatic N) is 1. The maximum Gasteiger partial charge on any atom is 0.305 e. The highest BCUT2D eigenvalue weighted by Crippen LogP contribution is 2.28. The van der Waals surface area contributed by atoms with Gasteiger partial charge in [-0.3, -0.25) is 14.6 Å². The Kier molecular flexibility index (Phi) is 9.52. The van der Waals surface area contributed by atoms with Crippen molar-refractivity contribution in [3.63, 3.8) is 0 Å². The molecule has 1 saturated carbocycles. The first-order valence-electron chi connectivity index (χ1n) is 10.2. The molecule has 0 spiro atoms. The molecular formula is C22H31NO5. The monoisotopic (exact) mass is 389 g/mol. The number of esters is 1. The van der Waals surface area contributed by atoms with Crippen molar-refractivity contribution >= 4 is 17.8 Å². The third kappa shape index (κ3) is 7.33. The second kappa shape index (κ2) is 12.2. The van der Waals surface area contributed by atoms with E-state index < -0.39 is 0 Å². The van der Waals surface area contributed by atoms with Gasteiger partial charge in [0, 0.05) is 18.4 Å². The molecule has 2 rings (SSSR count). The summed E-state index contributed by atoms with van der Waals surface area (Å²) in [5.74, 6) is 1.27. The molecule has 0 amide bonds. The largest absolute Gasteiger partial charge is 0.491 e. The number of aromatic nitrogens is 1. The number of ketones is 1. The molecule has 1 aromatic heterocycles. The van der Waals surface area contributed by atoms with Crippen molar-refractivity contribution in [3.8, 4) is 11.5 Å². The second-order valence-corrected chi connectivity index (χ2v) is 6.94. The normalized spacial score (nSPS) is 14.8. The molecule has 0 aliphatic heterocycles. The molecule has 0 bridgehead atoms. The fraction of sp³-hybridized carbons (Fsp3) is 0.591. The molecule has 1 aliphatic rings. The molecule has 1 aromatic rings. The van der Waals surface area contributed by atoms with Crippen LogP contribution in [0.4, 0.5) is 0 Å². The predicted molar refractivity (Wildman–Crippen MR) is 107 cm³/mol. The third-order valence-electron chi connectivity index (χ3n) is 4.84. The van der Waals surface area contributed by atoms with Crippen LogP contribution in [0.25, 0.3) is 6.08 Å². The number of unbranched alkanes of at least 4 members (excludes halogenated alkanes) is 1. The lowest BCUT2D eigenvalue weighted by molar-refractivity contribution is -0.143. The zero-order chi connectivity index (χ0) is 20.2. The number of carbonyl (C=O) groups is 2. The highest BCUT2D eigenvalue weighted by molar-refractivity contribution is 5.95. The molecule has 0 unspecified atom stereocenters. The van der Waals surface area contributed by atoms with Crippen LogP contribution in [0.2, 0.25) is 0 Å². The number of hydrogen-bond acceptors (Lipinski definition) is 6. The standard InChI is InChI=1S/C22H31NO5/c1-3-27-22(25)11-7-8-14-28-20-15-18(23-16-21(20)26-2)12-13-19(24)17-9-5-4-6-10-17/h12-13,15-17H,3-11,14H2,1-2H3/b13-12+. The van der Waals surface area contributed by atoms with Crippen LogP contribution in [0.3, 0.4) is 0 Å². The Bertz CT molecular complexity index is 665. The van der Waals surface area contributed by atoms with Gasteiger partial charge in [0.25, 0.3) is 0 Å². The molecule has 6 nitrogen and oxygen atoms in total. The van der Waals surface area contributed by atoms with Crippen LogP contribution >= 0.6 is 0 Å². The van der Waals surface area contributed by atoms with Crippen LogP contribution in [0, 0.1) is 5.92 Å². The minimum Gasteiger partial charge on any atom is -0.491 e. The van der Waals surface area contributed by atoms with Crippen molar-refractivity contribution in [3.05, 3.63) is 24.0 Å². The van der Waals surface area contributed by atoms with Gasteiger partial charge >= 0.3 is 5.97 Å². The van der Waals surface area contributed by atoms with E-state index in [4.69, 9.17) is 14.2 Å². The topological polar surface area (TPSA) is 74.7 Å². The Balaban J connectivity index is 1.87. The number of pyridine rings is 1. The summed E-state index contributed by atoms with van der Waals surface area (Å²) in [6.45, 7) is 2.67. The quantitative estimate of drug-likeness (QED) is 0.318. The molecule has 1 aliphatic carbocycles. The molecule has 0 atom stereocenters. The van der Waals surface area contributed by atoms with E-state index in [0.29, 0.717) is 43.2 Å². The summed E-state index contributed by atoms with van der Waals surface area (Å²) >= 11 is 0. The van der Waals surface area contributed by atoms with Gasteiger partial charge in [0.2, 0.25) is 0 Å². The summed E-state index contributed by atoms with van der Waals surface area (Å²) in [5, 5.41) is 0. The van der Waals surface area contributed by atoms with Crippen molar-refractivity contribution < 1.29 is 23.8 Å². The first-order chi connectivity index (χ1) is 13.6. The number of allylic oxidation sites excluding steroid dienone is 1. The van der Waals surface area contributed by atoms with Gasteiger partial charge in [-0.2, -0.15) is 0 Å². The van der Waals surface area contributed by atoms with Gasteiger partial charge in [0.1, 0.15) is 0 Å². The van der Waals surface area contributed by atoms with E-state index >= 15 is 0 Å². The zero-order valence-electron chi connectivity index (χ0n) is 16.9. The summed E-state index contributed by atoms with van der Waals surface area (Å²) in [6.07, 6.45) is 12.3. The number of rotatable bonds is 11. The number of ether oxygens (including phenoxy) is 3. The van der Waals surface area contributed by atoms with Gasteiger partial charge in [0.05, 0.1) is 32.2 Å². The van der Waals surface area contributed by atoms with E-state index in [2.05, 4.69) is 4.98 Å². The maximum atomic E-state index is 12.3. The van der Waals surface area contributed by atoms with Gasteiger partial charge in [-0.1, -0.05) is 19.3 Å². The highest BCUT2D eigenvalue weighted by atomic mass is 16.5. The zero-order valence-corrected chi connectivity index (χ0v) is 16.9. The molecule has 0 radical (unpaired) electrons. The molecule has 0 saturated heterocycles. The molecule has 1 heterocycles. The lowest BCUT2D eigenvalue weighted by Gasteiger charge is -2.18. The minimum absolute atomic E-state index is 0.151. The Morgan fingerprint density at radius 3 is 2.68 bits per heavy atom. The third-order valence-corrected chi connectivity index (χ3v) is 4.84. The molecule has 1 fully saturated rings. The molecule has 0 aromatic carbocycles. The number of methoxy groups -OCH3 is 1. The maximum absolute atomic E-state index is 12.3. The lowest BCUT2D eigenvalue weighted by Crippen LogP contribution is -2.15. The molecular weight excluding hydrogens is 358 g/mol. The Morgan fingerprint density at radius 2 is 1.96 bits per heavy atom. The van der Waals surface area contributed by atoms with Crippen molar-refractivity contribution in [1.29, 1.82) is 0 Å². The van der Waals surface area contributed by atoms with E-state index in [-0.39, 0.29) is 17.7 Å². The average molecular weight is 389 g/mol. The van der Waals surface area contributed by atoms with Gasteiger partial charge in [-0.05, 0) is 44.8 Å². The van der Waals surface area contributed by atoms with Crippen LogP contribution in [0.5, 0.6) is 11.5 Å². The summed E-state index contributed by atoms with van der Waals surface area (Å²) < 4.78 is 16.0. The van der Waals surface area contributed by atoms with Crippen molar-refractivity contribution in [1.82, 2.24) is 4.98 Å². The van der Waals surface area contributed by atoms with Gasteiger partial charge < -0.3 is 14.2 Å². The van der Waals surface area contributed by atoms with E-state index in [1.54, 1.807) is 38.4 Å². The first-order valence-corrected chi connectivity index (χ1v) is 10.2. The van der Waals surface area contributed by atoms with Crippen LogP contribution < -0.4 is 9.47 Å². The van der Waals surface area contributed by atoms with Crippen LogP contribution in [0.15, 0.2) is 18.3 Å². The highest BCUT2D eigenvalue weighted by Gasteiger charge is 2.18. The molecule has 6 heteroatoms. The second-order valence-electron chi connectivity index (χ2n) is 6.94. The van der Waals surface area contributed by atoms with Crippen molar-refractivity contribution in [2.24, 2.45) is 5.92 Å². The fourth-order valence-electron chi connectivity index (χ4n) is 3.27. The summed E-state index contributed by atoms with van der Waals surface area (Å²) in [7, 11) is 1.56. The fourth-order valence-corrected chi connectivity index (χ4v) is 3.27. The molecule has 28 heavy (non-hydrogen) atoms. The van der Waals surface area contributed by atoms with E-state index in [1.165, 1.54) is 6.42 Å².